The molecule has 0 bridgehead atoms. The van der Waals surface area contributed by atoms with E-state index in [1.54, 1.807) is 0 Å². The average molecular weight is 555 g/mol. The molecule has 1 fully saturated rings. The van der Waals surface area contributed by atoms with Crippen LogP contribution in [0.25, 0.3) is 0 Å². The summed E-state index contributed by atoms with van der Waals surface area (Å²) in [5.41, 5.74) is -1.02. The highest BCUT2D eigenvalue weighted by molar-refractivity contribution is 7.90. The highest BCUT2D eigenvalue weighted by Gasteiger charge is 2.41. The number of methoxy groups -OCH3 is 2. The molecule has 7 nitrogen and oxygen atoms in total. The number of likely N-dealkylation sites (tertiary alicyclic amines) is 1. The Labute approximate surface area is 208 Å². The van der Waals surface area contributed by atoms with Crippen LogP contribution in [0.1, 0.15) is 34.3 Å². The lowest BCUT2D eigenvalue weighted by atomic mass is 9.89. The van der Waals surface area contributed by atoms with E-state index in [9.17, 15) is 39.6 Å². The monoisotopic (exact) mass is 555 g/mol. The zero-order chi connectivity index (χ0) is 27.9. The van der Waals surface area contributed by atoms with Crippen LogP contribution in [0.15, 0.2) is 35.2 Å². The standard InChI is InChI=1S/C23H23F6NO6S/c1-12(22(24,25)26)36-16-7-8-18(37(4,32)33)20(35-3)19(16)21(31)30-10-14(11-30)13-5-6-15(23(27,28)29)17(9-13)34-2/h5-9,12,14H,10-11H2,1-4H3/t12-/m0/s1. The number of nitrogens with zero attached hydrogens (tertiary/aromatic N) is 1. The number of rotatable bonds is 7. The van der Waals surface area contributed by atoms with Crippen molar-refractivity contribution in [1.82, 2.24) is 4.90 Å². The van der Waals surface area contributed by atoms with Crippen LogP contribution in [-0.4, -0.2) is 65.1 Å². The van der Waals surface area contributed by atoms with Gasteiger partial charge in [0.1, 0.15) is 22.0 Å². The van der Waals surface area contributed by atoms with Crippen LogP contribution in [0.3, 0.4) is 0 Å². The van der Waals surface area contributed by atoms with Crippen LogP contribution in [0.4, 0.5) is 26.3 Å². The van der Waals surface area contributed by atoms with E-state index >= 15 is 0 Å². The van der Waals surface area contributed by atoms with E-state index in [1.807, 2.05) is 0 Å². The molecule has 1 aliphatic rings. The predicted octanol–water partition coefficient (Wildman–Crippen LogP) is 4.70. The normalized spacial score (nSPS) is 15.7. The lowest BCUT2D eigenvalue weighted by molar-refractivity contribution is -0.189. The van der Waals surface area contributed by atoms with Gasteiger partial charge in [-0.25, -0.2) is 8.42 Å². The molecular weight excluding hydrogens is 532 g/mol. The summed E-state index contributed by atoms with van der Waals surface area (Å²) in [4.78, 5) is 14.1. The number of halogens is 6. The van der Waals surface area contributed by atoms with E-state index < -0.39 is 73.4 Å². The van der Waals surface area contributed by atoms with E-state index in [2.05, 4.69) is 0 Å². The molecule has 37 heavy (non-hydrogen) atoms. The first-order valence-electron chi connectivity index (χ1n) is 10.7. The Morgan fingerprint density at radius 1 is 1.00 bits per heavy atom. The Hall–Kier alpha value is -3.16. The molecule has 1 heterocycles. The van der Waals surface area contributed by atoms with Crippen LogP contribution in [-0.2, 0) is 16.0 Å². The Balaban J connectivity index is 1.95. The molecular formula is C23H23F6NO6S. The highest BCUT2D eigenvalue weighted by atomic mass is 32.2. The molecule has 2 aromatic rings. The van der Waals surface area contributed by atoms with E-state index in [0.717, 1.165) is 45.6 Å². The smallest absolute Gasteiger partial charge is 0.425 e. The first-order chi connectivity index (χ1) is 17.0. The van der Waals surface area contributed by atoms with Gasteiger partial charge in [-0.15, -0.1) is 0 Å². The first kappa shape index (κ1) is 28.4. The maximum atomic E-state index is 13.3. The average Bonchev–Trinajstić information content (AvgIpc) is 2.75. The molecule has 14 heteroatoms. The lowest BCUT2D eigenvalue weighted by Gasteiger charge is -2.40. The summed E-state index contributed by atoms with van der Waals surface area (Å²) in [7, 11) is -1.79. The van der Waals surface area contributed by atoms with Crippen molar-refractivity contribution >= 4 is 15.7 Å². The van der Waals surface area contributed by atoms with E-state index in [-0.39, 0.29) is 13.1 Å². The molecule has 1 atom stereocenters. The number of hydrogen-bond donors (Lipinski definition) is 0. The molecule has 0 radical (unpaired) electrons. The third-order valence-electron chi connectivity index (χ3n) is 5.84. The number of ether oxygens (including phenoxy) is 3. The summed E-state index contributed by atoms with van der Waals surface area (Å²) >= 11 is 0. The highest BCUT2D eigenvalue weighted by Crippen LogP contribution is 2.42. The van der Waals surface area contributed by atoms with Crippen molar-refractivity contribution in [1.29, 1.82) is 0 Å². The second-order valence-corrected chi connectivity index (χ2v) is 10.4. The fourth-order valence-electron chi connectivity index (χ4n) is 3.81. The molecule has 204 valence electrons. The summed E-state index contributed by atoms with van der Waals surface area (Å²) < 4.78 is 118. The number of sulfone groups is 1. The van der Waals surface area contributed by atoms with Gasteiger partial charge >= 0.3 is 12.4 Å². The first-order valence-corrected chi connectivity index (χ1v) is 12.6. The Morgan fingerprint density at radius 2 is 1.62 bits per heavy atom. The molecule has 1 aliphatic heterocycles. The summed E-state index contributed by atoms with van der Waals surface area (Å²) in [6, 6.07) is 5.26. The fraction of sp³-hybridized carbons (Fsp3) is 0.435. The summed E-state index contributed by atoms with van der Waals surface area (Å²) in [5, 5.41) is 0. The van der Waals surface area contributed by atoms with Gasteiger partial charge in [-0.2, -0.15) is 26.3 Å². The van der Waals surface area contributed by atoms with Crippen LogP contribution in [0.2, 0.25) is 0 Å². The van der Waals surface area contributed by atoms with Crippen molar-refractivity contribution in [2.24, 2.45) is 0 Å². The van der Waals surface area contributed by atoms with Gasteiger partial charge in [0.2, 0.25) is 0 Å². The van der Waals surface area contributed by atoms with Gasteiger partial charge in [-0.1, -0.05) is 6.07 Å². The topological polar surface area (TPSA) is 82.1 Å². The van der Waals surface area contributed by atoms with Crippen molar-refractivity contribution in [3.8, 4) is 17.2 Å². The molecule has 2 aromatic carbocycles. The molecule has 0 aliphatic carbocycles. The third-order valence-corrected chi connectivity index (χ3v) is 6.96. The molecule has 0 saturated carbocycles. The van der Waals surface area contributed by atoms with Crippen molar-refractivity contribution in [3.05, 3.63) is 47.0 Å². The summed E-state index contributed by atoms with van der Waals surface area (Å²) in [5.74, 6) is -2.66. The van der Waals surface area contributed by atoms with Gasteiger partial charge in [0.15, 0.2) is 21.7 Å². The van der Waals surface area contributed by atoms with Crippen molar-refractivity contribution in [2.75, 3.05) is 33.6 Å². The van der Waals surface area contributed by atoms with Gasteiger partial charge in [-0.3, -0.25) is 4.79 Å². The molecule has 0 unspecified atom stereocenters. The quantitative estimate of drug-likeness (QED) is 0.461. The van der Waals surface area contributed by atoms with Crippen LogP contribution < -0.4 is 14.2 Å². The third kappa shape index (κ3) is 5.89. The fourth-order valence-corrected chi connectivity index (χ4v) is 4.64. The van der Waals surface area contributed by atoms with Gasteiger partial charge in [-0.05, 0) is 36.8 Å². The zero-order valence-corrected chi connectivity index (χ0v) is 20.8. The van der Waals surface area contributed by atoms with E-state index in [0.29, 0.717) is 5.56 Å². The maximum absolute atomic E-state index is 13.3. The van der Waals surface area contributed by atoms with E-state index in [4.69, 9.17) is 14.2 Å². The van der Waals surface area contributed by atoms with Crippen molar-refractivity contribution in [2.45, 2.75) is 36.2 Å². The molecule has 0 aromatic heterocycles. The van der Waals surface area contributed by atoms with Gasteiger partial charge < -0.3 is 19.1 Å². The zero-order valence-electron chi connectivity index (χ0n) is 20.0. The van der Waals surface area contributed by atoms with Gasteiger partial charge in [0, 0.05) is 25.3 Å². The van der Waals surface area contributed by atoms with Crippen molar-refractivity contribution in [3.63, 3.8) is 0 Å². The lowest BCUT2D eigenvalue weighted by Crippen LogP contribution is -2.48. The number of alkyl halides is 6. The molecule has 0 spiro atoms. The minimum absolute atomic E-state index is 0.00608. The molecule has 1 saturated heterocycles. The number of hydrogen-bond acceptors (Lipinski definition) is 6. The maximum Gasteiger partial charge on any atom is 0.425 e. The largest absolute Gasteiger partial charge is 0.496 e. The molecule has 0 N–H and O–H groups in total. The predicted molar refractivity (Wildman–Crippen MR) is 119 cm³/mol. The minimum Gasteiger partial charge on any atom is -0.496 e. The Morgan fingerprint density at radius 3 is 2.11 bits per heavy atom. The second kappa shape index (κ2) is 9.95. The Bertz CT molecular complexity index is 1290. The van der Waals surface area contributed by atoms with Gasteiger partial charge in [0.05, 0.1) is 19.8 Å². The van der Waals surface area contributed by atoms with Crippen molar-refractivity contribution < 1.29 is 53.8 Å². The second-order valence-electron chi connectivity index (χ2n) is 8.41. The van der Waals surface area contributed by atoms with Crippen LogP contribution >= 0.6 is 0 Å². The van der Waals surface area contributed by atoms with Crippen LogP contribution in [0.5, 0.6) is 17.2 Å². The summed E-state index contributed by atoms with van der Waals surface area (Å²) in [6.45, 7) is 0.713. The number of carbonyl (C=O) groups is 1. The Kier molecular flexibility index (Phi) is 7.64. The number of amides is 1. The summed E-state index contributed by atoms with van der Waals surface area (Å²) in [6.07, 6.45) is -10.9. The van der Waals surface area contributed by atoms with Crippen LogP contribution in [0, 0.1) is 0 Å². The van der Waals surface area contributed by atoms with Gasteiger partial charge in [0.25, 0.3) is 5.91 Å². The van der Waals surface area contributed by atoms with E-state index in [1.165, 1.54) is 17.0 Å². The SMILES string of the molecule is COc1cc(C2CN(C(=O)c3c(O[C@@H](C)C(F)(F)F)ccc(S(C)(=O)=O)c3OC)C2)ccc1C(F)(F)F. The minimum atomic E-state index is -4.77. The molecule has 3 rings (SSSR count). The number of benzene rings is 2. The molecule has 1 amide bonds. The number of carbonyl (C=O) groups excluding carboxylic acids is 1.